The molecule has 15 heavy (non-hydrogen) atoms. The summed E-state index contributed by atoms with van der Waals surface area (Å²) in [5, 5.41) is 3.66. The number of carbonyl (C=O) groups excluding carboxylic acids is 1. The minimum absolute atomic E-state index is 0.326. The van der Waals surface area contributed by atoms with Crippen LogP contribution in [0.5, 0.6) is 5.75 Å². The second-order valence-corrected chi connectivity index (χ2v) is 4.70. The number of hydrogen-bond donors (Lipinski definition) is 0. The largest absolute Gasteiger partial charge is 0.496 e. The van der Waals surface area contributed by atoms with Gasteiger partial charge >= 0.3 is 0 Å². The molecule has 0 saturated heterocycles. The van der Waals surface area contributed by atoms with Crippen LogP contribution >= 0.6 is 0 Å². The summed E-state index contributed by atoms with van der Waals surface area (Å²) >= 11 is 0. The quantitative estimate of drug-likeness (QED) is 0.576. The zero-order valence-corrected chi connectivity index (χ0v) is 10.3. The Labute approximate surface area is 91.3 Å². The van der Waals surface area contributed by atoms with E-state index < -0.39 is 9.68 Å². The van der Waals surface area contributed by atoms with Crippen LogP contribution in [0.4, 0.5) is 0 Å². The highest BCUT2D eigenvalue weighted by atomic mass is 28.2. The summed E-state index contributed by atoms with van der Waals surface area (Å²) in [5.41, 5.74) is 0.467. The van der Waals surface area contributed by atoms with E-state index in [1.165, 1.54) is 7.11 Å². The third kappa shape index (κ3) is 3.28. The van der Waals surface area contributed by atoms with Crippen LogP contribution in [-0.2, 0) is 0 Å². The van der Waals surface area contributed by atoms with E-state index in [2.05, 4.69) is 9.89 Å². The van der Waals surface area contributed by atoms with E-state index >= 15 is 0 Å². The van der Waals surface area contributed by atoms with Gasteiger partial charge in [0.2, 0.25) is 0 Å². The normalized spacial score (nSPS) is 11.3. The molecule has 0 bridgehead atoms. The zero-order valence-electron chi connectivity index (χ0n) is 8.93. The molecule has 0 aliphatic carbocycles. The number of ether oxygens (including phenoxy) is 1. The zero-order chi connectivity index (χ0) is 11.1. The highest BCUT2D eigenvalue weighted by molar-refractivity contribution is 6.32. The van der Waals surface area contributed by atoms with Crippen molar-refractivity contribution in [1.29, 1.82) is 0 Å². The van der Waals surface area contributed by atoms with Crippen molar-refractivity contribution in [3.8, 4) is 5.75 Å². The molecule has 1 amide bonds. The molecule has 0 unspecified atom stereocenters. The molecule has 0 atom stereocenters. The summed E-state index contributed by atoms with van der Waals surface area (Å²) in [4.78, 5) is 11.6. The van der Waals surface area contributed by atoms with E-state index in [1.807, 2.05) is 13.0 Å². The van der Waals surface area contributed by atoms with E-state index in [0.29, 0.717) is 11.3 Å². The van der Waals surface area contributed by atoms with Gasteiger partial charge < -0.3 is 4.74 Å². The van der Waals surface area contributed by atoms with E-state index in [4.69, 9.17) is 4.74 Å². The van der Waals surface area contributed by atoms with E-state index in [-0.39, 0.29) is 5.91 Å². The van der Waals surface area contributed by atoms with Gasteiger partial charge in [-0.25, -0.2) is 4.78 Å². The predicted octanol–water partition coefficient (Wildman–Crippen LogP) is 1.81. The van der Waals surface area contributed by atoms with Crippen molar-refractivity contribution in [2.24, 2.45) is 9.89 Å². The van der Waals surface area contributed by atoms with Gasteiger partial charge in [0.05, 0.1) is 12.7 Å². The number of methoxy groups -OCH3 is 1. The van der Waals surface area contributed by atoms with Gasteiger partial charge in [-0.3, -0.25) is 4.79 Å². The van der Waals surface area contributed by atoms with Crippen LogP contribution < -0.4 is 4.74 Å². The molecule has 1 rings (SSSR count). The first-order valence-corrected chi connectivity index (χ1v) is 6.47. The molecular formula is C10H14N2O2Si. The van der Waals surface area contributed by atoms with E-state index in [9.17, 15) is 4.79 Å². The fourth-order valence-electron chi connectivity index (χ4n) is 1.09. The van der Waals surface area contributed by atoms with Gasteiger partial charge in [0.1, 0.15) is 5.75 Å². The Hall–Kier alpha value is -1.49. The van der Waals surface area contributed by atoms with Gasteiger partial charge in [0, 0.05) is 0 Å². The fourth-order valence-corrected chi connectivity index (χ4v) is 1.52. The number of benzene rings is 1. The second kappa shape index (κ2) is 6.08. The Kier molecular flexibility index (Phi) is 4.69. The molecule has 0 saturated carbocycles. The lowest BCUT2D eigenvalue weighted by Crippen LogP contribution is -1.98. The van der Waals surface area contributed by atoms with Crippen LogP contribution in [0.25, 0.3) is 0 Å². The molecular weight excluding hydrogens is 208 g/mol. The van der Waals surface area contributed by atoms with Crippen LogP contribution in [-0.4, -0.2) is 22.7 Å². The molecule has 0 spiro atoms. The topological polar surface area (TPSA) is 51.0 Å². The summed E-state index contributed by atoms with van der Waals surface area (Å²) in [6.45, 7) is 2.04. The van der Waals surface area contributed by atoms with Crippen LogP contribution in [0.15, 0.2) is 34.2 Å². The molecule has 0 aromatic heterocycles. The molecule has 80 valence electrons. The molecule has 5 heteroatoms. The Morgan fingerprint density at radius 1 is 1.47 bits per heavy atom. The van der Waals surface area contributed by atoms with Crippen LogP contribution in [0.1, 0.15) is 17.3 Å². The molecule has 1 aromatic carbocycles. The third-order valence-electron chi connectivity index (χ3n) is 1.82. The summed E-state index contributed by atoms with van der Waals surface area (Å²) in [5.74, 6) is 0.216. The van der Waals surface area contributed by atoms with Crippen molar-refractivity contribution in [2.45, 2.75) is 13.0 Å². The average molecular weight is 222 g/mol. The maximum Gasteiger partial charge on any atom is 0.297 e. The van der Waals surface area contributed by atoms with Crippen molar-refractivity contribution in [3.05, 3.63) is 29.8 Å². The molecule has 0 fully saturated rings. The molecule has 1 aromatic rings. The highest BCUT2D eigenvalue weighted by Crippen LogP contribution is 2.18. The number of carbonyl (C=O) groups is 1. The first kappa shape index (κ1) is 11.6. The lowest BCUT2D eigenvalue weighted by atomic mass is 10.2. The van der Waals surface area contributed by atoms with Crippen molar-refractivity contribution < 1.29 is 9.53 Å². The minimum atomic E-state index is -0.548. The average Bonchev–Trinajstić information content (AvgIpc) is 2.29. The molecule has 0 aliphatic rings. The van der Waals surface area contributed by atoms with Crippen LogP contribution in [0.2, 0.25) is 6.04 Å². The Bertz CT molecular complexity index is 366. The van der Waals surface area contributed by atoms with Crippen molar-refractivity contribution in [1.82, 2.24) is 0 Å². The summed E-state index contributed by atoms with van der Waals surface area (Å²) in [6, 6.07) is 8.03. The van der Waals surface area contributed by atoms with Gasteiger partial charge in [0.25, 0.3) is 5.91 Å². The monoisotopic (exact) mass is 222 g/mol. The van der Waals surface area contributed by atoms with Crippen molar-refractivity contribution in [3.63, 3.8) is 0 Å². The lowest BCUT2D eigenvalue weighted by Gasteiger charge is -2.02. The third-order valence-corrected chi connectivity index (χ3v) is 2.61. The molecule has 0 aliphatic heterocycles. The second-order valence-electron chi connectivity index (χ2n) is 2.97. The maximum atomic E-state index is 11.6. The number of amides is 1. The van der Waals surface area contributed by atoms with Crippen molar-refractivity contribution in [2.75, 3.05) is 7.11 Å². The van der Waals surface area contributed by atoms with E-state index in [1.54, 1.807) is 18.2 Å². The van der Waals surface area contributed by atoms with Gasteiger partial charge in [-0.15, -0.1) is 5.11 Å². The number of nitrogens with zero attached hydrogens (tertiary/aromatic N) is 2. The summed E-state index contributed by atoms with van der Waals surface area (Å²) in [7, 11) is 0.984. The SMILES string of the molecule is CC[SiH2]N=NC(=O)c1ccccc1OC. The van der Waals surface area contributed by atoms with Gasteiger partial charge in [0.15, 0.2) is 9.68 Å². The predicted molar refractivity (Wildman–Crippen MR) is 61.2 cm³/mol. The van der Waals surface area contributed by atoms with Gasteiger partial charge in [-0.05, 0) is 18.2 Å². The first-order chi connectivity index (χ1) is 7.29. The molecule has 0 heterocycles. The highest BCUT2D eigenvalue weighted by Gasteiger charge is 2.09. The fraction of sp³-hybridized carbons (Fsp3) is 0.300. The van der Waals surface area contributed by atoms with E-state index in [0.717, 1.165) is 6.04 Å². The van der Waals surface area contributed by atoms with Crippen LogP contribution in [0, 0.1) is 0 Å². The Balaban J connectivity index is 2.81. The molecule has 4 nitrogen and oxygen atoms in total. The first-order valence-electron chi connectivity index (χ1n) is 4.84. The molecule has 0 N–H and O–H groups in total. The number of hydrogen-bond acceptors (Lipinski definition) is 3. The number of para-hydroxylation sites is 1. The van der Waals surface area contributed by atoms with Gasteiger partial charge in [-0.2, -0.15) is 0 Å². The maximum absolute atomic E-state index is 11.6. The summed E-state index contributed by atoms with van der Waals surface area (Å²) < 4.78 is 8.96. The minimum Gasteiger partial charge on any atom is -0.496 e. The van der Waals surface area contributed by atoms with Crippen LogP contribution in [0.3, 0.4) is 0 Å². The smallest absolute Gasteiger partial charge is 0.297 e. The summed E-state index contributed by atoms with van der Waals surface area (Å²) in [6.07, 6.45) is 0. The number of rotatable bonds is 4. The lowest BCUT2D eigenvalue weighted by molar-refractivity contribution is 0.0993. The van der Waals surface area contributed by atoms with Crippen molar-refractivity contribution >= 4 is 15.6 Å². The standard InChI is InChI=1S/C10H14N2O2Si/c1-3-15-12-11-10(13)8-6-4-5-7-9(8)14-2/h4-7H,3,15H2,1-2H3. The molecule has 0 radical (unpaired) electrons. The van der Waals surface area contributed by atoms with Gasteiger partial charge in [-0.1, -0.05) is 19.1 Å². The Morgan fingerprint density at radius 2 is 2.20 bits per heavy atom. The Morgan fingerprint density at radius 3 is 2.87 bits per heavy atom.